The van der Waals surface area contributed by atoms with Gasteiger partial charge in [-0.15, -0.1) is 0 Å². The number of hydrogen-bond donors (Lipinski definition) is 1. The summed E-state index contributed by atoms with van der Waals surface area (Å²) in [5, 5.41) is 3.93. The van der Waals surface area contributed by atoms with E-state index in [2.05, 4.69) is 10.3 Å². The summed E-state index contributed by atoms with van der Waals surface area (Å²) in [5.41, 5.74) is 3.28. The van der Waals surface area contributed by atoms with Gasteiger partial charge in [0.05, 0.1) is 35.1 Å². The van der Waals surface area contributed by atoms with Crippen LogP contribution in [-0.4, -0.2) is 20.8 Å². The Kier molecular flexibility index (Phi) is 7.11. The molecule has 3 heterocycles. The number of alkyl halides is 3. The number of halogens is 3. The number of pyridine rings is 1. The molecule has 1 aliphatic rings. The van der Waals surface area contributed by atoms with E-state index in [1.165, 1.54) is 12.1 Å². The normalized spacial score (nSPS) is 17.5. The molecule has 2 aromatic heterocycles. The van der Waals surface area contributed by atoms with Crippen molar-refractivity contribution < 1.29 is 17.9 Å². The molecule has 0 aliphatic carbocycles. The summed E-state index contributed by atoms with van der Waals surface area (Å²) in [6, 6.07) is 20.3. The van der Waals surface area contributed by atoms with E-state index >= 15 is 0 Å². The minimum Gasteiger partial charge on any atom is -0.491 e. The highest BCUT2D eigenvalue weighted by Crippen LogP contribution is 2.45. The Morgan fingerprint density at radius 3 is 2.31 bits per heavy atom. The molecule has 0 spiro atoms. The summed E-state index contributed by atoms with van der Waals surface area (Å²) in [4.78, 5) is 6.59. The lowest BCUT2D eigenvalue weighted by Gasteiger charge is -2.28. The van der Waals surface area contributed by atoms with Gasteiger partial charge in [-0.1, -0.05) is 18.2 Å². The van der Waals surface area contributed by atoms with Crippen LogP contribution in [0.25, 0.3) is 5.69 Å². The fourth-order valence-electron chi connectivity index (χ4n) is 5.27. The summed E-state index contributed by atoms with van der Waals surface area (Å²) in [7, 11) is 0. The Labute approximate surface area is 231 Å². The molecule has 39 heavy (non-hydrogen) atoms. The Hall–Kier alpha value is -3.85. The number of ether oxygens (including phenoxy) is 1. The van der Waals surface area contributed by atoms with Crippen molar-refractivity contribution in [1.29, 1.82) is 0 Å². The van der Waals surface area contributed by atoms with Gasteiger partial charge in [0.1, 0.15) is 5.75 Å². The number of rotatable bonds is 6. The van der Waals surface area contributed by atoms with Gasteiger partial charge >= 0.3 is 6.18 Å². The number of para-hydroxylation sites is 1. The molecule has 0 amide bonds. The van der Waals surface area contributed by atoms with Crippen LogP contribution in [-0.2, 0) is 6.18 Å². The van der Waals surface area contributed by atoms with Crippen LogP contribution in [0, 0.1) is 13.8 Å². The third-order valence-corrected chi connectivity index (χ3v) is 7.14. The van der Waals surface area contributed by atoms with Crippen LogP contribution in [0.3, 0.4) is 0 Å². The van der Waals surface area contributed by atoms with E-state index in [1.54, 1.807) is 16.8 Å². The zero-order valence-corrected chi connectivity index (χ0v) is 22.8. The molecule has 1 saturated heterocycles. The van der Waals surface area contributed by atoms with E-state index in [0.29, 0.717) is 16.5 Å². The molecular weight excluding hydrogens is 521 g/mol. The second kappa shape index (κ2) is 10.4. The van der Waals surface area contributed by atoms with Gasteiger partial charge < -0.3 is 19.5 Å². The van der Waals surface area contributed by atoms with E-state index in [9.17, 15) is 13.2 Å². The first-order chi connectivity index (χ1) is 18.6. The maximum Gasteiger partial charge on any atom is 0.418 e. The van der Waals surface area contributed by atoms with Crippen LogP contribution in [0.1, 0.15) is 54.1 Å². The van der Waals surface area contributed by atoms with E-state index in [0.717, 1.165) is 28.8 Å². The van der Waals surface area contributed by atoms with E-state index < -0.39 is 11.7 Å². The van der Waals surface area contributed by atoms with Crippen molar-refractivity contribution in [2.45, 2.75) is 52.1 Å². The molecule has 1 fully saturated rings. The van der Waals surface area contributed by atoms with Crippen molar-refractivity contribution in [3.63, 3.8) is 0 Å². The van der Waals surface area contributed by atoms with E-state index in [-0.39, 0.29) is 23.9 Å². The zero-order chi connectivity index (χ0) is 27.9. The molecule has 5 rings (SSSR count). The quantitative estimate of drug-likeness (QED) is 0.252. The summed E-state index contributed by atoms with van der Waals surface area (Å²) < 4.78 is 49.4. The summed E-state index contributed by atoms with van der Waals surface area (Å²) in [6.45, 7) is 7.61. The zero-order valence-electron chi connectivity index (χ0n) is 22.0. The predicted molar refractivity (Wildman–Crippen MR) is 150 cm³/mol. The van der Waals surface area contributed by atoms with Crippen LogP contribution in [0.5, 0.6) is 5.75 Å². The topological polar surface area (TPSA) is 42.3 Å². The van der Waals surface area contributed by atoms with E-state index in [1.807, 2.05) is 81.1 Å². The maximum absolute atomic E-state index is 14.0. The Morgan fingerprint density at radius 1 is 0.974 bits per heavy atom. The number of benzene rings is 2. The van der Waals surface area contributed by atoms with Gasteiger partial charge in [0.25, 0.3) is 0 Å². The lowest BCUT2D eigenvalue weighted by Crippen LogP contribution is -2.29. The molecule has 5 nitrogen and oxygen atoms in total. The number of nitrogens with one attached hydrogen (secondary N) is 1. The van der Waals surface area contributed by atoms with Crippen LogP contribution < -0.4 is 15.0 Å². The molecule has 9 heteroatoms. The minimum absolute atomic E-state index is 0.0385. The maximum atomic E-state index is 14.0. The average molecular weight is 551 g/mol. The Bertz CT molecular complexity index is 1480. The molecule has 0 saturated carbocycles. The van der Waals surface area contributed by atoms with Crippen molar-refractivity contribution in [3.05, 3.63) is 107 Å². The molecule has 4 aromatic rings. The van der Waals surface area contributed by atoms with Gasteiger partial charge in [-0.05, 0) is 100 Å². The average Bonchev–Trinajstić information content (AvgIpc) is 3.39. The molecule has 202 valence electrons. The van der Waals surface area contributed by atoms with Crippen molar-refractivity contribution in [1.82, 2.24) is 14.9 Å². The highest BCUT2D eigenvalue weighted by Gasteiger charge is 2.43. The number of nitrogens with zero attached hydrogens (tertiary/aromatic N) is 3. The Morgan fingerprint density at radius 2 is 1.67 bits per heavy atom. The molecule has 2 aromatic carbocycles. The molecule has 1 N–H and O–H groups in total. The standard InChI is InChI=1S/C30H29F3N4OS/c1-18(2)38-22-14-12-21(13-15-22)37-28(27(35-29(37)39)25-10-7-8-16-34-25)23-17-19(3)36(20(23)4)26-11-6-5-9-24(26)30(31,32)33/h5-18,27-28H,1-4H3,(H,35,39)/t27-,28-/m1/s1. The fraction of sp³-hybridized carbons (Fsp3) is 0.267. The van der Waals surface area contributed by atoms with Gasteiger partial charge in [-0.25, -0.2) is 0 Å². The molecule has 0 radical (unpaired) electrons. The van der Waals surface area contributed by atoms with E-state index in [4.69, 9.17) is 17.0 Å². The second-order valence-electron chi connectivity index (χ2n) is 9.83. The van der Waals surface area contributed by atoms with Gasteiger partial charge in [0.15, 0.2) is 5.11 Å². The highest BCUT2D eigenvalue weighted by molar-refractivity contribution is 7.80. The first-order valence-corrected chi connectivity index (χ1v) is 13.1. The molecule has 0 unspecified atom stereocenters. The lowest BCUT2D eigenvalue weighted by molar-refractivity contribution is -0.137. The van der Waals surface area contributed by atoms with Crippen LogP contribution in [0.15, 0.2) is 79.0 Å². The lowest BCUT2D eigenvalue weighted by atomic mass is 9.96. The third kappa shape index (κ3) is 5.11. The molecular formula is C30H29F3N4OS. The molecule has 0 bridgehead atoms. The molecule has 1 aliphatic heterocycles. The van der Waals surface area contributed by atoms with Crippen LogP contribution >= 0.6 is 12.2 Å². The second-order valence-corrected chi connectivity index (χ2v) is 10.2. The van der Waals surface area contributed by atoms with Crippen molar-refractivity contribution in [3.8, 4) is 11.4 Å². The van der Waals surface area contributed by atoms with Crippen molar-refractivity contribution >= 4 is 23.0 Å². The van der Waals surface area contributed by atoms with Gasteiger partial charge in [-0.2, -0.15) is 13.2 Å². The van der Waals surface area contributed by atoms with Crippen LogP contribution in [0.2, 0.25) is 0 Å². The van der Waals surface area contributed by atoms with Gasteiger partial charge in [-0.3, -0.25) is 4.98 Å². The van der Waals surface area contributed by atoms with Crippen LogP contribution in [0.4, 0.5) is 18.9 Å². The van der Waals surface area contributed by atoms with Crippen molar-refractivity contribution in [2.24, 2.45) is 0 Å². The smallest absolute Gasteiger partial charge is 0.418 e. The number of thiocarbonyl (C=S) groups is 1. The highest BCUT2D eigenvalue weighted by atomic mass is 32.1. The Balaban J connectivity index is 1.66. The first kappa shape index (κ1) is 26.7. The SMILES string of the molecule is Cc1cc([C@@H]2[C@@H](c3ccccn3)NC(=S)N2c2ccc(OC(C)C)cc2)c(C)n1-c1ccccc1C(F)(F)F. The third-order valence-electron chi connectivity index (χ3n) is 6.82. The summed E-state index contributed by atoms with van der Waals surface area (Å²) >= 11 is 5.83. The molecule has 2 atom stereocenters. The van der Waals surface area contributed by atoms with Crippen molar-refractivity contribution in [2.75, 3.05) is 4.90 Å². The summed E-state index contributed by atoms with van der Waals surface area (Å²) in [5.74, 6) is 0.742. The fourth-order valence-corrected chi connectivity index (χ4v) is 5.62. The first-order valence-electron chi connectivity index (χ1n) is 12.7. The number of aryl methyl sites for hydroxylation is 1. The van der Waals surface area contributed by atoms with Gasteiger partial charge in [0, 0.05) is 23.3 Å². The van der Waals surface area contributed by atoms with Gasteiger partial charge in [0.2, 0.25) is 0 Å². The number of hydrogen-bond acceptors (Lipinski definition) is 3. The number of aromatic nitrogens is 2. The predicted octanol–water partition coefficient (Wildman–Crippen LogP) is 7.47. The monoisotopic (exact) mass is 550 g/mol. The minimum atomic E-state index is -4.49. The largest absolute Gasteiger partial charge is 0.491 e. The number of anilines is 1. The summed E-state index contributed by atoms with van der Waals surface area (Å²) in [6.07, 6.45) is -2.73.